The first-order chi connectivity index (χ1) is 7.59. The van der Waals surface area contributed by atoms with E-state index in [9.17, 15) is 13.2 Å². The SMILES string of the molecule is CC(C)(C)CNc1cc(C(F)(F)F)ncc1N. The van der Waals surface area contributed by atoms with Crippen LogP contribution in [0.2, 0.25) is 0 Å². The van der Waals surface area contributed by atoms with Gasteiger partial charge in [0.15, 0.2) is 0 Å². The quantitative estimate of drug-likeness (QED) is 0.844. The van der Waals surface area contributed by atoms with Crippen LogP contribution >= 0.6 is 0 Å². The molecule has 1 heterocycles. The van der Waals surface area contributed by atoms with Crippen LogP contribution < -0.4 is 11.1 Å². The number of pyridine rings is 1. The van der Waals surface area contributed by atoms with Crippen LogP contribution in [0.15, 0.2) is 12.3 Å². The van der Waals surface area contributed by atoms with E-state index in [1.807, 2.05) is 20.8 Å². The number of nitrogen functional groups attached to an aromatic ring is 1. The molecule has 1 aromatic rings. The third kappa shape index (κ3) is 4.13. The molecule has 0 aliphatic carbocycles. The molecule has 6 heteroatoms. The summed E-state index contributed by atoms with van der Waals surface area (Å²) in [4.78, 5) is 3.26. The van der Waals surface area contributed by atoms with Crippen LogP contribution in [0.25, 0.3) is 0 Å². The van der Waals surface area contributed by atoms with E-state index in [0.29, 0.717) is 6.54 Å². The Morgan fingerprint density at radius 2 is 1.88 bits per heavy atom. The Labute approximate surface area is 98.2 Å². The number of hydrogen-bond acceptors (Lipinski definition) is 3. The van der Waals surface area contributed by atoms with Gasteiger partial charge in [0.25, 0.3) is 0 Å². The van der Waals surface area contributed by atoms with Crippen molar-refractivity contribution in [3.8, 4) is 0 Å². The van der Waals surface area contributed by atoms with E-state index in [2.05, 4.69) is 10.3 Å². The van der Waals surface area contributed by atoms with Crippen molar-refractivity contribution >= 4 is 11.4 Å². The van der Waals surface area contributed by atoms with Crippen molar-refractivity contribution in [1.29, 1.82) is 0 Å². The average molecular weight is 247 g/mol. The Balaban J connectivity index is 2.92. The zero-order chi connectivity index (χ0) is 13.3. The summed E-state index contributed by atoms with van der Waals surface area (Å²) in [5.41, 5.74) is 5.06. The second kappa shape index (κ2) is 4.43. The fraction of sp³-hybridized carbons (Fsp3) is 0.545. The van der Waals surface area contributed by atoms with Crippen molar-refractivity contribution in [3.63, 3.8) is 0 Å². The van der Waals surface area contributed by atoms with E-state index in [1.165, 1.54) is 0 Å². The summed E-state index contributed by atoms with van der Waals surface area (Å²) in [7, 11) is 0. The largest absolute Gasteiger partial charge is 0.433 e. The van der Waals surface area contributed by atoms with Gasteiger partial charge in [-0.2, -0.15) is 13.2 Å². The molecule has 0 spiro atoms. The maximum Gasteiger partial charge on any atom is 0.433 e. The highest BCUT2D eigenvalue weighted by atomic mass is 19.4. The van der Waals surface area contributed by atoms with E-state index in [1.54, 1.807) is 0 Å². The van der Waals surface area contributed by atoms with E-state index in [4.69, 9.17) is 5.73 Å². The molecule has 0 radical (unpaired) electrons. The normalized spacial score (nSPS) is 12.6. The van der Waals surface area contributed by atoms with E-state index in [0.717, 1.165) is 12.3 Å². The molecule has 0 amide bonds. The molecule has 0 atom stereocenters. The molecule has 0 aliphatic heterocycles. The molecule has 1 rings (SSSR count). The van der Waals surface area contributed by atoms with E-state index >= 15 is 0 Å². The van der Waals surface area contributed by atoms with Crippen molar-refractivity contribution in [2.45, 2.75) is 26.9 Å². The molecule has 0 fully saturated rings. The Hall–Kier alpha value is -1.46. The summed E-state index contributed by atoms with van der Waals surface area (Å²) in [5.74, 6) is 0. The van der Waals surface area contributed by atoms with Crippen LogP contribution in [-0.2, 0) is 6.18 Å². The van der Waals surface area contributed by atoms with Gasteiger partial charge in [-0.25, -0.2) is 4.98 Å². The topological polar surface area (TPSA) is 50.9 Å². The predicted molar refractivity (Wildman–Crippen MR) is 61.6 cm³/mol. The van der Waals surface area contributed by atoms with Gasteiger partial charge < -0.3 is 11.1 Å². The number of aromatic nitrogens is 1. The van der Waals surface area contributed by atoms with Gasteiger partial charge in [-0.3, -0.25) is 0 Å². The highest BCUT2D eigenvalue weighted by Crippen LogP contribution is 2.31. The number of anilines is 2. The Kier molecular flexibility index (Phi) is 3.54. The standard InChI is InChI=1S/C11H16F3N3/c1-10(2,3)6-17-8-4-9(11(12,13)14)16-5-7(8)15/h4-5H,6,15H2,1-3H3,(H,16,17). The lowest BCUT2D eigenvalue weighted by atomic mass is 9.97. The molecule has 3 nitrogen and oxygen atoms in total. The number of halogens is 3. The number of hydrogen-bond donors (Lipinski definition) is 2. The second-order valence-electron chi connectivity index (χ2n) is 5.07. The molecule has 0 unspecified atom stereocenters. The molecule has 17 heavy (non-hydrogen) atoms. The first-order valence-electron chi connectivity index (χ1n) is 5.16. The summed E-state index contributed by atoms with van der Waals surface area (Å²) < 4.78 is 37.3. The molecule has 1 aromatic heterocycles. The molecule has 0 saturated carbocycles. The van der Waals surface area contributed by atoms with Crippen molar-refractivity contribution in [3.05, 3.63) is 18.0 Å². The van der Waals surface area contributed by atoms with Crippen LogP contribution in [0.1, 0.15) is 26.5 Å². The van der Waals surface area contributed by atoms with Crippen molar-refractivity contribution in [2.24, 2.45) is 5.41 Å². The molecule has 3 N–H and O–H groups in total. The van der Waals surface area contributed by atoms with Crippen LogP contribution in [0.4, 0.5) is 24.5 Å². The Morgan fingerprint density at radius 1 is 1.29 bits per heavy atom. The highest BCUT2D eigenvalue weighted by molar-refractivity contribution is 5.65. The molecule has 0 aliphatic rings. The average Bonchev–Trinajstić information content (AvgIpc) is 2.13. The van der Waals surface area contributed by atoms with Crippen LogP contribution in [0.3, 0.4) is 0 Å². The van der Waals surface area contributed by atoms with Crippen LogP contribution in [0.5, 0.6) is 0 Å². The fourth-order valence-electron chi connectivity index (χ4n) is 1.13. The zero-order valence-corrected chi connectivity index (χ0v) is 10.0. The van der Waals surface area contributed by atoms with E-state index in [-0.39, 0.29) is 16.8 Å². The van der Waals surface area contributed by atoms with Crippen molar-refractivity contribution < 1.29 is 13.2 Å². The van der Waals surface area contributed by atoms with Gasteiger partial charge >= 0.3 is 6.18 Å². The smallest absolute Gasteiger partial charge is 0.396 e. The van der Waals surface area contributed by atoms with Gasteiger partial charge in [0.05, 0.1) is 17.6 Å². The lowest BCUT2D eigenvalue weighted by molar-refractivity contribution is -0.141. The highest BCUT2D eigenvalue weighted by Gasteiger charge is 2.33. The van der Waals surface area contributed by atoms with Crippen LogP contribution in [-0.4, -0.2) is 11.5 Å². The number of nitrogens with two attached hydrogens (primary N) is 1. The third-order valence-corrected chi connectivity index (χ3v) is 2.03. The monoisotopic (exact) mass is 247 g/mol. The zero-order valence-electron chi connectivity index (χ0n) is 10.0. The minimum Gasteiger partial charge on any atom is -0.396 e. The molecule has 0 aromatic carbocycles. The summed E-state index contributed by atoms with van der Waals surface area (Å²) in [6.45, 7) is 6.45. The summed E-state index contributed by atoms with van der Waals surface area (Å²) >= 11 is 0. The Morgan fingerprint density at radius 3 is 2.35 bits per heavy atom. The first-order valence-corrected chi connectivity index (χ1v) is 5.16. The van der Waals surface area contributed by atoms with Gasteiger partial charge in [-0.1, -0.05) is 20.8 Å². The van der Waals surface area contributed by atoms with Gasteiger partial charge in [-0.05, 0) is 11.5 Å². The fourth-order valence-corrected chi connectivity index (χ4v) is 1.13. The Bertz CT molecular complexity index is 394. The second-order valence-corrected chi connectivity index (χ2v) is 5.07. The van der Waals surface area contributed by atoms with Gasteiger partial charge in [0, 0.05) is 6.54 Å². The van der Waals surface area contributed by atoms with Crippen molar-refractivity contribution in [2.75, 3.05) is 17.6 Å². The van der Waals surface area contributed by atoms with Gasteiger partial charge in [0.1, 0.15) is 5.69 Å². The minimum absolute atomic E-state index is 0.0475. The number of alkyl halides is 3. The summed E-state index contributed by atoms with van der Waals surface area (Å²) in [6, 6.07) is 0.932. The molecular weight excluding hydrogens is 231 g/mol. The van der Waals surface area contributed by atoms with E-state index < -0.39 is 11.9 Å². The maximum absolute atomic E-state index is 12.4. The number of nitrogens with zero attached hydrogens (tertiary/aromatic N) is 1. The lowest BCUT2D eigenvalue weighted by Crippen LogP contribution is -2.20. The lowest BCUT2D eigenvalue weighted by Gasteiger charge is -2.20. The molecular formula is C11H16F3N3. The minimum atomic E-state index is -4.45. The predicted octanol–water partition coefficient (Wildman–Crippen LogP) is 3.14. The number of rotatable bonds is 2. The summed E-state index contributed by atoms with van der Waals surface area (Å²) in [5, 5.41) is 2.90. The molecule has 96 valence electrons. The maximum atomic E-state index is 12.4. The van der Waals surface area contributed by atoms with Gasteiger partial charge in [0.2, 0.25) is 0 Å². The first kappa shape index (κ1) is 13.6. The molecule has 0 bridgehead atoms. The molecule has 0 saturated heterocycles. The van der Waals surface area contributed by atoms with Gasteiger partial charge in [-0.15, -0.1) is 0 Å². The van der Waals surface area contributed by atoms with Crippen molar-refractivity contribution in [1.82, 2.24) is 4.98 Å². The van der Waals surface area contributed by atoms with Crippen LogP contribution in [0, 0.1) is 5.41 Å². The summed E-state index contributed by atoms with van der Waals surface area (Å²) in [6.07, 6.45) is -3.43. The number of nitrogens with one attached hydrogen (secondary N) is 1. The third-order valence-electron chi connectivity index (χ3n) is 2.03.